The lowest BCUT2D eigenvalue weighted by Gasteiger charge is -2.18. The maximum absolute atomic E-state index is 13.6. The van der Waals surface area contributed by atoms with E-state index in [0.717, 1.165) is 0 Å². The quantitative estimate of drug-likeness (QED) is 0.187. The summed E-state index contributed by atoms with van der Waals surface area (Å²) in [5.41, 5.74) is -0.250. The molecule has 0 radical (unpaired) electrons. The summed E-state index contributed by atoms with van der Waals surface area (Å²) in [6, 6.07) is 6.55. The summed E-state index contributed by atoms with van der Waals surface area (Å²) in [5, 5.41) is 31.3. The second kappa shape index (κ2) is 11.0. The largest absolute Gasteiger partial charge is 0.451 e. The molecule has 5 atom stereocenters. The molecule has 1 aliphatic heterocycles. The highest BCUT2D eigenvalue weighted by Gasteiger charge is 2.47. The first-order valence-electron chi connectivity index (χ1n) is 10.8. The van der Waals surface area contributed by atoms with Crippen LogP contribution in [0.3, 0.4) is 0 Å². The highest BCUT2D eigenvalue weighted by molar-refractivity contribution is 7.70. The standard InChI is InChI=1S/C18H20ClF3N6O9P2/c19-9-4-2-1-3-8(9)5-23-14-11-15(25-17(24-14)18(20,21)22)28(27-26-11)16-13(30)12(29)10(37-16)6-36-39(34,35)7-38(31,32)33/h1-4,10,12-13,16,29-30H,5-7H2,(H,34,35)(H,23,24,25)(H2,31,32,33)/t10-,12-,13-,16-/m1/s1. The summed E-state index contributed by atoms with van der Waals surface area (Å²) >= 11 is 6.10. The van der Waals surface area contributed by atoms with E-state index in [-0.39, 0.29) is 17.9 Å². The molecule has 1 unspecified atom stereocenters. The van der Waals surface area contributed by atoms with Gasteiger partial charge in [0, 0.05) is 11.6 Å². The minimum atomic E-state index is -5.00. The van der Waals surface area contributed by atoms with E-state index in [0.29, 0.717) is 15.3 Å². The Morgan fingerprint density at radius 2 is 1.82 bits per heavy atom. The first-order chi connectivity index (χ1) is 18.1. The molecule has 15 nitrogen and oxygen atoms in total. The molecule has 6 N–H and O–H groups in total. The Morgan fingerprint density at radius 1 is 1.13 bits per heavy atom. The summed E-state index contributed by atoms with van der Waals surface area (Å²) in [6.45, 7) is -0.963. The van der Waals surface area contributed by atoms with Crippen molar-refractivity contribution in [2.75, 3.05) is 17.8 Å². The fourth-order valence-corrected chi connectivity index (χ4v) is 6.38. The van der Waals surface area contributed by atoms with Crippen molar-refractivity contribution in [3.8, 4) is 0 Å². The zero-order chi connectivity index (χ0) is 28.8. The van der Waals surface area contributed by atoms with Gasteiger partial charge in [-0.25, -0.2) is 9.97 Å². The molecular weight excluding hydrogens is 599 g/mol. The third-order valence-electron chi connectivity index (χ3n) is 5.36. The van der Waals surface area contributed by atoms with Gasteiger partial charge in [0.05, 0.1) is 6.61 Å². The topological polar surface area (TPSA) is 222 Å². The predicted octanol–water partition coefficient (Wildman–Crippen LogP) is 1.46. The summed E-state index contributed by atoms with van der Waals surface area (Å²) < 4.78 is 74.4. The molecule has 3 aromatic rings. The fraction of sp³-hybridized carbons (Fsp3) is 0.444. The van der Waals surface area contributed by atoms with Crippen LogP contribution in [0.15, 0.2) is 24.3 Å². The third kappa shape index (κ3) is 6.92. The summed E-state index contributed by atoms with van der Waals surface area (Å²) in [5.74, 6) is -3.46. The van der Waals surface area contributed by atoms with E-state index in [1.54, 1.807) is 24.3 Å². The van der Waals surface area contributed by atoms with E-state index in [2.05, 4.69) is 30.1 Å². The number of alkyl halides is 3. The van der Waals surface area contributed by atoms with Crippen molar-refractivity contribution in [1.82, 2.24) is 25.0 Å². The van der Waals surface area contributed by atoms with Crippen LogP contribution in [-0.2, 0) is 31.1 Å². The molecule has 1 aromatic carbocycles. The van der Waals surface area contributed by atoms with Gasteiger partial charge in [-0.3, -0.25) is 9.13 Å². The fourth-order valence-electron chi connectivity index (χ4n) is 3.60. The van der Waals surface area contributed by atoms with Gasteiger partial charge in [0.25, 0.3) is 0 Å². The molecular formula is C18H20ClF3N6O9P2. The van der Waals surface area contributed by atoms with Gasteiger partial charge in [0.1, 0.15) is 18.3 Å². The van der Waals surface area contributed by atoms with Gasteiger partial charge in [-0.15, -0.1) is 5.10 Å². The molecule has 0 bridgehead atoms. The smallest absolute Gasteiger partial charge is 0.387 e. The lowest BCUT2D eigenvalue weighted by atomic mass is 10.1. The number of aliphatic hydroxyl groups excluding tert-OH is 2. The summed E-state index contributed by atoms with van der Waals surface area (Å²) in [7, 11) is -9.77. The van der Waals surface area contributed by atoms with E-state index in [9.17, 15) is 37.4 Å². The minimum Gasteiger partial charge on any atom is -0.387 e. The molecule has 0 saturated carbocycles. The Labute approximate surface area is 221 Å². The highest BCUT2D eigenvalue weighted by atomic mass is 35.5. The van der Waals surface area contributed by atoms with Crippen LogP contribution in [0.25, 0.3) is 11.2 Å². The Kier molecular flexibility index (Phi) is 8.36. The van der Waals surface area contributed by atoms with E-state index >= 15 is 0 Å². The maximum atomic E-state index is 13.6. The normalized spacial score (nSPS) is 23.7. The maximum Gasteiger partial charge on any atom is 0.451 e. The number of aliphatic hydroxyl groups is 2. The summed E-state index contributed by atoms with van der Waals surface area (Å²) in [4.78, 5) is 34.3. The first kappa shape index (κ1) is 29.7. The molecule has 4 rings (SSSR count). The van der Waals surface area contributed by atoms with E-state index < -0.39 is 69.9 Å². The van der Waals surface area contributed by atoms with Crippen molar-refractivity contribution < 1.29 is 56.5 Å². The molecule has 1 saturated heterocycles. The van der Waals surface area contributed by atoms with Gasteiger partial charge < -0.3 is 39.5 Å². The average molecular weight is 619 g/mol. The molecule has 21 heteroatoms. The Bertz CT molecular complexity index is 1460. The van der Waals surface area contributed by atoms with Crippen molar-refractivity contribution in [2.45, 2.75) is 37.3 Å². The molecule has 214 valence electrons. The number of hydrogen-bond donors (Lipinski definition) is 6. The van der Waals surface area contributed by atoms with Crippen LogP contribution < -0.4 is 5.32 Å². The van der Waals surface area contributed by atoms with Crippen LogP contribution in [0.2, 0.25) is 5.02 Å². The number of rotatable bonds is 9. The molecule has 3 heterocycles. The molecule has 0 amide bonds. The molecule has 0 aliphatic carbocycles. The second-order valence-electron chi connectivity index (χ2n) is 8.33. The van der Waals surface area contributed by atoms with Gasteiger partial charge in [-0.1, -0.05) is 35.0 Å². The lowest BCUT2D eigenvalue weighted by molar-refractivity contribution is -0.144. The molecule has 0 spiro atoms. The number of anilines is 1. The summed E-state index contributed by atoms with van der Waals surface area (Å²) in [6.07, 6.45) is -11.9. The minimum absolute atomic E-state index is 0.0492. The predicted molar refractivity (Wildman–Crippen MR) is 126 cm³/mol. The zero-order valence-electron chi connectivity index (χ0n) is 19.3. The van der Waals surface area contributed by atoms with Crippen molar-refractivity contribution in [3.05, 3.63) is 40.7 Å². The molecule has 1 aliphatic rings. The van der Waals surface area contributed by atoms with Crippen molar-refractivity contribution in [1.29, 1.82) is 0 Å². The van der Waals surface area contributed by atoms with Gasteiger partial charge in [0.2, 0.25) is 5.82 Å². The van der Waals surface area contributed by atoms with E-state index in [1.807, 2.05) is 0 Å². The number of ether oxygens (including phenoxy) is 1. The van der Waals surface area contributed by atoms with Crippen LogP contribution >= 0.6 is 26.8 Å². The van der Waals surface area contributed by atoms with Crippen LogP contribution in [0.5, 0.6) is 0 Å². The highest BCUT2D eigenvalue weighted by Crippen LogP contribution is 2.55. The van der Waals surface area contributed by atoms with Gasteiger partial charge in [0.15, 0.2) is 29.1 Å². The van der Waals surface area contributed by atoms with Crippen molar-refractivity contribution in [3.63, 3.8) is 0 Å². The molecule has 1 fully saturated rings. The van der Waals surface area contributed by atoms with Gasteiger partial charge in [-0.05, 0) is 11.6 Å². The number of fused-ring (bicyclic) bond motifs is 1. The number of hydrogen-bond acceptors (Lipinski definition) is 11. The SMILES string of the molecule is O=P(O)(O)CP(=O)(O)OC[C@H]1O[C@@H](n2nnc3c(NCc4ccccc4Cl)nc(C(F)(F)F)nc32)[C@H](O)[C@@H]1O. The lowest BCUT2D eigenvalue weighted by Crippen LogP contribution is -2.34. The monoisotopic (exact) mass is 618 g/mol. The Hall–Kier alpha value is -2.24. The third-order valence-corrected chi connectivity index (χ3v) is 9.19. The average Bonchev–Trinajstić information content (AvgIpc) is 3.36. The van der Waals surface area contributed by atoms with Crippen molar-refractivity contribution >= 4 is 43.8 Å². The van der Waals surface area contributed by atoms with Crippen LogP contribution in [0.1, 0.15) is 17.6 Å². The number of nitrogens with zero attached hydrogens (tertiary/aromatic N) is 5. The number of aromatic nitrogens is 5. The van der Waals surface area contributed by atoms with E-state index in [4.69, 9.17) is 26.1 Å². The second-order valence-corrected chi connectivity index (χ2v) is 12.7. The van der Waals surface area contributed by atoms with E-state index in [1.165, 1.54) is 0 Å². The van der Waals surface area contributed by atoms with Crippen molar-refractivity contribution in [2.24, 2.45) is 0 Å². The van der Waals surface area contributed by atoms with Crippen LogP contribution in [-0.4, -0.2) is 80.7 Å². The number of nitrogens with one attached hydrogen (secondary N) is 1. The van der Waals surface area contributed by atoms with Crippen LogP contribution in [0, 0.1) is 0 Å². The number of halogens is 4. The Balaban J connectivity index is 1.62. The van der Waals surface area contributed by atoms with Crippen LogP contribution in [0.4, 0.5) is 19.0 Å². The first-order valence-corrected chi connectivity index (χ1v) is 14.7. The number of benzene rings is 1. The Morgan fingerprint density at radius 3 is 2.46 bits per heavy atom. The zero-order valence-corrected chi connectivity index (χ0v) is 21.8. The van der Waals surface area contributed by atoms with Gasteiger partial charge >= 0.3 is 21.4 Å². The molecule has 2 aromatic heterocycles. The van der Waals surface area contributed by atoms with Gasteiger partial charge in [-0.2, -0.15) is 17.9 Å². The molecule has 39 heavy (non-hydrogen) atoms.